The molecule has 3 aromatic rings. The number of aliphatic carboxylic acids is 1. The van der Waals surface area contributed by atoms with Gasteiger partial charge in [-0.25, -0.2) is 4.39 Å². The van der Waals surface area contributed by atoms with Gasteiger partial charge in [0.1, 0.15) is 30.0 Å². The smallest absolute Gasteiger partial charge is 0.304 e. The van der Waals surface area contributed by atoms with Crippen molar-refractivity contribution >= 4 is 5.97 Å². The van der Waals surface area contributed by atoms with Crippen LogP contribution >= 0.6 is 0 Å². The lowest BCUT2D eigenvalue weighted by molar-refractivity contribution is -0.137. The molecule has 3 aromatic carbocycles. The number of hydrogen-bond acceptors (Lipinski definition) is 5. The summed E-state index contributed by atoms with van der Waals surface area (Å²) in [4.78, 5) is 11.4. The van der Waals surface area contributed by atoms with Crippen molar-refractivity contribution in [3.63, 3.8) is 0 Å². The van der Waals surface area contributed by atoms with Gasteiger partial charge in [-0.15, -0.1) is 0 Å². The molecule has 0 spiro atoms. The molecule has 0 amide bonds. The molecule has 0 heterocycles. The number of aliphatic hydroxyl groups is 1. The maximum absolute atomic E-state index is 13.3. The number of halogens is 1. The second-order valence-electron chi connectivity index (χ2n) is 9.33. The zero-order valence-corrected chi connectivity index (χ0v) is 21.6. The maximum Gasteiger partial charge on any atom is 0.304 e. The molecule has 3 N–H and O–H groups in total. The Morgan fingerprint density at radius 2 is 1.76 bits per heavy atom. The highest BCUT2D eigenvalue weighted by atomic mass is 19.1. The third-order valence-electron chi connectivity index (χ3n) is 6.09. The zero-order chi connectivity index (χ0) is 26.8. The lowest BCUT2D eigenvalue weighted by atomic mass is 9.99. The van der Waals surface area contributed by atoms with Crippen molar-refractivity contribution in [2.75, 3.05) is 6.61 Å². The summed E-state index contributed by atoms with van der Waals surface area (Å²) in [6.45, 7) is 6.45. The highest BCUT2D eigenvalue weighted by Crippen LogP contribution is 2.35. The summed E-state index contributed by atoms with van der Waals surface area (Å²) in [7, 11) is 0. The largest absolute Gasteiger partial charge is 0.490 e. The Balaban J connectivity index is 1.69. The Morgan fingerprint density at radius 3 is 2.41 bits per heavy atom. The molecule has 0 aliphatic carbocycles. The van der Waals surface area contributed by atoms with Gasteiger partial charge in [-0.05, 0) is 68.1 Å². The third kappa shape index (κ3) is 8.88. The van der Waals surface area contributed by atoms with E-state index in [1.807, 2.05) is 63.2 Å². The first kappa shape index (κ1) is 28.2. The van der Waals surface area contributed by atoms with Crippen LogP contribution in [0, 0.1) is 19.7 Å². The summed E-state index contributed by atoms with van der Waals surface area (Å²) >= 11 is 0. The predicted octanol–water partition coefficient (Wildman–Crippen LogP) is 5.74. The van der Waals surface area contributed by atoms with E-state index in [9.17, 15) is 19.4 Å². The van der Waals surface area contributed by atoms with Crippen molar-refractivity contribution < 1.29 is 28.9 Å². The van der Waals surface area contributed by atoms with Gasteiger partial charge in [0.2, 0.25) is 0 Å². The molecular weight excluding hydrogens is 473 g/mol. The number of nitrogens with one attached hydrogen (secondary N) is 1. The van der Waals surface area contributed by atoms with Crippen molar-refractivity contribution in [3.8, 4) is 11.5 Å². The number of aliphatic hydroxyl groups excluding tert-OH is 1. The van der Waals surface area contributed by atoms with Gasteiger partial charge in [0.25, 0.3) is 0 Å². The van der Waals surface area contributed by atoms with Gasteiger partial charge >= 0.3 is 5.97 Å². The minimum absolute atomic E-state index is 0.00696. The van der Waals surface area contributed by atoms with Crippen LogP contribution in [-0.2, 0) is 11.3 Å². The summed E-state index contributed by atoms with van der Waals surface area (Å²) in [6.07, 6.45) is -0.434. The van der Waals surface area contributed by atoms with E-state index in [4.69, 9.17) is 9.47 Å². The fraction of sp³-hybridized carbons (Fsp3) is 0.367. The second-order valence-corrected chi connectivity index (χ2v) is 9.33. The number of aryl methyl sites for hydroxylation is 2. The van der Waals surface area contributed by atoms with Gasteiger partial charge in [0, 0.05) is 18.2 Å². The molecule has 0 radical (unpaired) electrons. The van der Waals surface area contributed by atoms with Crippen LogP contribution in [0.5, 0.6) is 11.5 Å². The fourth-order valence-corrected chi connectivity index (χ4v) is 4.35. The third-order valence-corrected chi connectivity index (χ3v) is 6.09. The number of carbonyl (C=O) groups is 1. The Bertz CT molecular complexity index is 1140. The van der Waals surface area contributed by atoms with Crippen LogP contribution in [0.15, 0.2) is 66.7 Å². The number of carboxylic acids is 1. The molecule has 1 unspecified atom stereocenters. The van der Waals surface area contributed by atoms with Gasteiger partial charge < -0.3 is 25.0 Å². The molecular formula is C30H36FNO5. The molecule has 0 saturated heterocycles. The molecule has 0 bridgehead atoms. The van der Waals surface area contributed by atoms with E-state index in [1.54, 1.807) is 12.1 Å². The van der Waals surface area contributed by atoms with Crippen LogP contribution in [0.1, 0.15) is 54.5 Å². The van der Waals surface area contributed by atoms with E-state index in [2.05, 4.69) is 5.32 Å². The van der Waals surface area contributed by atoms with Gasteiger partial charge in [-0.3, -0.25) is 4.79 Å². The lowest BCUT2D eigenvalue weighted by Gasteiger charge is -2.25. The van der Waals surface area contributed by atoms with Crippen LogP contribution in [-0.4, -0.2) is 34.9 Å². The molecule has 6 nitrogen and oxygen atoms in total. The topological polar surface area (TPSA) is 88.0 Å². The Hall–Kier alpha value is -3.42. The van der Waals surface area contributed by atoms with Gasteiger partial charge in [-0.1, -0.05) is 48.9 Å². The number of rotatable bonds is 14. The normalized spacial score (nSPS) is 13.5. The highest BCUT2D eigenvalue weighted by molar-refractivity contribution is 5.67. The van der Waals surface area contributed by atoms with Gasteiger partial charge in [0.05, 0.1) is 12.5 Å². The summed E-state index contributed by atoms with van der Waals surface area (Å²) < 4.78 is 25.6. The van der Waals surface area contributed by atoms with E-state index in [0.717, 1.165) is 22.3 Å². The molecule has 0 fully saturated rings. The number of hydrogen-bond donors (Lipinski definition) is 3. The molecule has 0 aliphatic heterocycles. The molecule has 198 valence electrons. The summed E-state index contributed by atoms with van der Waals surface area (Å²) in [5.74, 6) is -0.0756. The first-order chi connectivity index (χ1) is 17.7. The van der Waals surface area contributed by atoms with E-state index < -0.39 is 18.1 Å². The van der Waals surface area contributed by atoms with Crippen LogP contribution in [0.4, 0.5) is 4.39 Å². The molecule has 3 rings (SSSR count). The number of benzene rings is 3. The van der Waals surface area contributed by atoms with Crippen molar-refractivity contribution in [3.05, 3.63) is 94.8 Å². The second kappa shape index (κ2) is 13.8. The Morgan fingerprint density at radius 1 is 1.05 bits per heavy atom. The Labute approximate surface area is 218 Å². The van der Waals surface area contributed by atoms with E-state index >= 15 is 0 Å². The van der Waals surface area contributed by atoms with Crippen molar-refractivity contribution in [2.45, 2.75) is 64.8 Å². The number of carboxylic acid groups (broad SMARTS) is 1. The molecule has 3 atom stereocenters. The SMILES string of the molecule is CCC(Oc1ccc(F)cc1)c1cc(C)cc(C)c1OC[C@@H](O)C[C@H](CC(=O)O)NCc1ccccc1. The molecule has 0 aliphatic rings. The van der Waals surface area contributed by atoms with E-state index in [1.165, 1.54) is 12.1 Å². The predicted molar refractivity (Wildman–Crippen MR) is 141 cm³/mol. The molecule has 37 heavy (non-hydrogen) atoms. The van der Waals surface area contributed by atoms with Crippen LogP contribution in [0.25, 0.3) is 0 Å². The quantitative estimate of drug-likeness (QED) is 0.257. The Kier molecular flexibility index (Phi) is 10.5. The van der Waals surface area contributed by atoms with Crippen LogP contribution < -0.4 is 14.8 Å². The summed E-state index contributed by atoms with van der Waals surface area (Å²) in [5, 5.41) is 23.3. The fourth-order valence-electron chi connectivity index (χ4n) is 4.35. The minimum Gasteiger partial charge on any atom is -0.490 e. The zero-order valence-electron chi connectivity index (χ0n) is 21.6. The lowest BCUT2D eigenvalue weighted by Crippen LogP contribution is -2.36. The van der Waals surface area contributed by atoms with E-state index in [-0.39, 0.29) is 31.4 Å². The highest BCUT2D eigenvalue weighted by Gasteiger charge is 2.22. The van der Waals surface area contributed by atoms with Gasteiger partial charge in [-0.2, -0.15) is 0 Å². The first-order valence-corrected chi connectivity index (χ1v) is 12.6. The molecule has 7 heteroatoms. The summed E-state index contributed by atoms with van der Waals surface area (Å²) in [5.41, 5.74) is 3.84. The maximum atomic E-state index is 13.3. The van der Waals surface area contributed by atoms with E-state index in [0.29, 0.717) is 24.5 Å². The summed E-state index contributed by atoms with van der Waals surface area (Å²) in [6, 6.07) is 19.2. The van der Waals surface area contributed by atoms with Crippen molar-refractivity contribution in [1.29, 1.82) is 0 Å². The van der Waals surface area contributed by atoms with Crippen molar-refractivity contribution in [2.24, 2.45) is 0 Å². The van der Waals surface area contributed by atoms with Gasteiger partial charge in [0.15, 0.2) is 0 Å². The molecule has 0 aromatic heterocycles. The van der Waals surface area contributed by atoms with Crippen LogP contribution in [0.2, 0.25) is 0 Å². The minimum atomic E-state index is -0.931. The first-order valence-electron chi connectivity index (χ1n) is 12.6. The van der Waals surface area contributed by atoms with Crippen LogP contribution in [0.3, 0.4) is 0 Å². The standard InChI is InChI=1S/C30H36FNO5/c1-4-28(37-26-12-10-23(31)11-13-26)27-15-20(2)14-21(3)30(27)36-19-25(33)16-24(17-29(34)35)32-18-22-8-6-5-7-9-22/h5-15,24-25,28,32-33H,4,16-19H2,1-3H3,(H,34,35)/t24-,25+,28?/m1/s1. The average Bonchev–Trinajstić information content (AvgIpc) is 2.86. The average molecular weight is 510 g/mol. The van der Waals surface area contributed by atoms with Crippen molar-refractivity contribution in [1.82, 2.24) is 5.32 Å². The number of ether oxygens (including phenoxy) is 2. The monoisotopic (exact) mass is 509 g/mol. The molecule has 0 saturated carbocycles.